The van der Waals surface area contributed by atoms with Gasteiger partial charge in [0.05, 0.1) is 12.7 Å². The Morgan fingerprint density at radius 1 is 0.440 bits per heavy atom. The Balaban J connectivity index is 3.99. The summed E-state index contributed by atoms with van der Waals surface area (Å²) in [6.45, 7) is 10.4. The third kappa shape index (κ3) is 41.2. The van der Waals surface area contributed by atoms with Gasteiger partial charge in [-0.2, -0.15) is 0 Å². The van der Waals surface area contributed by atoms with E-state index in [9.17, 15) is 0 Å². The van der Waals surface area contributed by atoms with Crippen molar-refractivity contribution in [1.29, 1.82) is 0 Å². The molecule has 0 amide bonds. The first-order chi connectivity index (χ1) is 24.6. The first-order valence-electron chi connectivity index (χ1n) is 21.7. The molecule has 1 atom stereocenters. The summed E-state index contributed by atoms with van der Waals surface area (Å²) >= 11 is 0. The summed E-state index contributed by atoms with van der Waals surface area (Å²) in [6, 6.07) is 0. The van der Waals surface area contributed by atoms with Crippen LogP contribution in [0.3, 0.4) is 0 Å². The molecule has 0 rings (SSSR count). The third-order valence-electron chi connectivity index (χ3n) is 9.47. The van der Waals surface area contributed by atoms with E-state index < -0.39 is 0 Å². The fraction of sp³-hybridized carbons (Fsp3) is 0.826. The minimum absolute atomic E-state index is 0.217. The van der Waals surface area contributed by atoms with Crippen molar-refractivity contribution in [2.75, 3.05) is 60.6 Å². The van der Waals surface area contributed by atoms with Crippen LogP contribution in [0.1, 0.15) is 181 Å². The smallest absolute Gasteiger partial charge is 0.0820 e. The van der Waals surface area contributed by atoms with Crippen LogP contribution in [0.2, 0.25) is 0 Å². The van der Waals surface area contributed by atoms with Crippen LogP contribution in [0.4, 0.5) is 0 Å². The highest BCUT2D eigenvalue weighted by Crippen LogP contribution is 2.12. The van der Waals surface area contributed by atoms with E-state index in [1.165, 1.54) is 148 Å². The van der Waals surface area contributed by atoms with Crippen molar-refractivity contribution in [3.05, 3.63) is 48.6 Å². The average Bonchev–Trinajstić information content (AvgIpc) is 3.10. The molecule has 0 bridgehead atoms. The third-order valence-corrected chi connectivity index (χ3v) is 9.47. The predicted octanol–water partition coefficient (Wildman–Crippen LogP) is 13.3. The maximum absolute atomic E-state index is 6.40. The Bertz CT molecular complexity index is 759. The van der Waals surface area contributed by atoms with Gasteiger partial charge in [-0.05, 0) is 124 Å². The average molecular weight is 701 g/mol. The highest BCUT2D eigenvalue weighted by atomic mass is 16.5. The van der Waals surface area contributed by atoms with E-state index in [1.807, 2.05) is 0 Å². The number of hydrogen-bond donors (Lipinski definition) is 0. The van der Waals surface area contributed by atoms with Crippen molar-refractivity contribution in [3.63, 3.8) is 0 Å². The molecule has 0 saturated heterocycles. The lowest BCUT2D eigenvalue weighted by molar-refractivity contribution is -0.0255. The largest absolute Gasteiger partial charge is 0.379 e. The van der Waals surface area contributed by atoms with Crippen LogP contribution in [0.15, 0.2) is 48.6 Å². The number of nitrogens with zero attached hydrogens (tertiary/aromatic N) is 2. The molecule has 0 aromatic carbocycles. The van der Waals surface area contributed by atoms with Gasteiger partial charge in [0.25, 0.3) is 0 Å². The highest BCUT2D eigenvalue weighted by Gasteiger charge is 2.11. The fourth-order valence-electron chi connectivity index (χ4n) is 6.10. The van der Waals surface area contributed by atoms with E-state index in [0.29, 0.717) is 0 Å². The van der Waals surface area contributed by atoms with Crippen LogP contribution in [0.25, 0.3) is 0 Å². The number of ether oxygens (including phenoxy) is 2. The second-order valence-corrected chi connectivity index (χ2v) is 15.0. The zero-order valence-electron chi connectivity index (χ0n) is 34.5. The lowest BCUT2D eigenvalue weighted by atomic mass is 10.1. The molecule has 0 aromatic rings. The van der Waals surface area contributed by atoms with Gasteiger partial charge in [0, 0.05) is 19.8 Å². The van der Waals surface area contributed by atoms with Crippen LogP contribution in [0, 0.1) is 0 Å². The van der Waals surface area contributed by atoms with Crippen LogP contribution in [0.5, 0.6) is 0 Å². The Morgan fingerprint density at radius 3 is 1.36 bits per heavy atom. The molecule has 1 unspecified atom stereocenters. The van der Waals surface area contributed by atoms with Gasteiger partial charge < -0.3 is 19.3 Å². The van der Waals surface area contributed by atoms with Crippen molar-refractivity contribution >= 4 is 0 Å². The van der Waals surface area contributed by atoms with Gasteiger partial charge in [-0.25, -0.2) is 0 Å². The number of rotatable bonds is 40. The second kappa shape index (κ2) is 42.2. The number of hydrogen-bond acceptors (Lipinski definition) is 4. The molecule has 0 aliphatic carbocycles. The van der Waals surface area contributed by atoms with Crippen LogP contribution < -0.4 is 0 Å². The molecule has 0 N–H and O–H groups in total. The summed E-state index contributed by atoms with van der Waals surface area (Å²) in [5.41, 5.74) is 0. The SMILES string of the molecule is CCCCCC=CCC=CCCCCCCCCOCC(CCN(C)CCCN(C)C)OCCCCCCCCC=CCC=CCCCCC. The fourth-order valence-corrected chi connectivity index (χ4v) is 6.10. The van der Waals surface area contributed by atoms with Crippen molar-refractivity contribution < 1.29 is 9.47 Å². The first kappa shape index (κ1) is 48.8. The van der Waals surface area contributed by atoms with E-state index in [4.69, 9.17) is 9.47 Å². The van der Waals surface area contributed by atoms with Gasteiger partial charge in [0.2, 0.25) is 0 Å². The van der Waals surface area contributed by atoms with Crippen molar-refractivity contribution in [2.45, 2.75) is 187 Å². The summed E-state index contributed by atoms with van der Waals surface area (Å²) in [7, 11) is 6.56. The van der Waals surface area contributed by atoms with Gasteiger partial charge in [-0.3, -0.25) is 0 Å². The van der Waals surface area contributed by atoms with Gasteiger partial charge in [0.15, 0.2) is 0 Å². The molecular weight excluding hydrogens is 613 g/mol. The number of allylic oxidation sites excluding steroid dienone is 8. The Kier molecular flexibility index (Phi) is 41.2. The molecule has 0 heterocycles. The normalized spacial score (nSPS) is 13.2. The zero-order valence-corrected chi connectivity index (χ0v) is 34.5. The topological polar surface area (TPSA) is 24.9 Å². The molecule has 0 aliphatic rings. The Hall–Kier alpha value is -1.20. The quantitative estimate of drug-likeness (QED) is 0.0469. The van der Waals surface area contributed by atoms with Gasteiger partial charge in [0.1, 0.15) is 0 Å². The zero-order chi connectivity index (χ0) is 36.4. The van der Waals surface area contributed by atoms with E-state index in [1.54, 1.807) is 0 Å². The second-order valence-electron chi connectivity index (χ2n) is 15.0. The van der Waals surface area contributed by atoms with Gasteiger partial charge >= 0.3 is 0 Å². The molecule has 50 heavy (non-hydrogen) atoms. The van der Waals surface area contributed by atoms with Crippen LogP contribution in [-0.4, -0.2) is 76.5 Å². The van der Waals surface area contributed by atoms with Gasteiger partial charge in [-0.15, -0.1) is 0 Å². The summed E-state index contributed by atoms with van der Waals surface area (Å²) in [6.07, 6.45) is 52.1. The maximum atomic E-state index is 6.40. The summed E-state index contributed by atoms with van der Waals surface area (Å²) in [4.78, 5) is 4.73. The van der Waals surface area contributed by atoms with E-state index >= 15 is 0 Å². The Morgan fingerprint density at radius 2 is 0.880 bits per heavy atom. The molecule has 0 radical (unpaired) electrons. The standard InChI is InChI=1S/C46H88N2O2/c1-6-8-10-12-14-16-18-20-22-24-26-28-30-32-34-36-43-49-45-46(39-42-48(5)41-38-40-47(3)4)50-44-37-35-33-31-29-27-25-23-21-19-17-15-13-11-9-7-2/h14-17,20-23,46H,6-13,18-19,24-45H2,1-5H3. The van der Waals surface area contributed by atoms with E-state index in [0.717, 1.165) is 58.7 Å². The molecular formula is C46H88N2O2. The molecule has 0 fully saturated rings. The molecule has 0 spiro atoms. The highest BCUT2D eigenvalue weighted by molar-refractivity contribution is 4.93. The molecule has 4 heteroatoms. The lowest BCUT2D eigenvalue weighted by Crippen LogP contribution is -2.30. The summed E-state index contributed by atoms with van der Waals surface area (Å²) in [5.74, 6) is 0. The minimum Gasteiger partial charge on any atom is -0.379 e. The molecule has 0 aromatic heterocycles. The monoisotopic (exact) mass is 701 g/mol. The molecule has 0 saturated carbocycles. The summed E-state index contributed by atoms with van der Waals surface area (Å²) < 4.78 is 12.6. The van der Waals surface area contributed by atoms with Crippen molar-refractivity contribution in [3.8, 4) is 0 Å². The summed E-state index contributed by atoms with van der Waals surface area (Å²) in [5, 5.41) is 0. The predicted molar refractivity (Wildman–Crippen MR) is 225 cm³/mol. The molecule has 0 aliphatic heterocycles. The van der Waals surface area contributed by atoms with Crippen molar-refractivity contribution in [2.24, 2.45) is 0 Å². The lowest BCUT2D eigenvalue weighted by Gasteiger charge is -2.23. The van der Waals surface area contributed by atoms with Crippen LogP contribution in [-0.2, 0) is 9.47 Å². The molecule has 294 valence electrons. The molecule has 4 nitrogen and oxygen atoms in total. The van der Waals surface area contributed by atoms with Crippen LogP contribution >= 0.6 is 0 Å². The van der Waals surface area contributed by atoms with E-state index in [-0.39, 0.29) is 6.10 Å². The maximum Gasteiger partial charge on any atom is 0.0820 e. The first-order valence-corrected chi connectivity index (χ1v) is 21.7. The van der Waals surface area contributed by atoms with E-state index in [2.05, 4.69) is 93.4 Å². The van der Waals surface area contributed by atoms with Gasteiger partial charge in [-0.1, -0.05) is 140 Å². The number of unbranched alkanes of at least 4 members (excludes halogenated alkanes) is 18. The minimum atomic E-state index is 0.217. The Labute approximate surface area is 314 Å². The van der Waals surface area contributed by atoms with Crippen molar-refractivity contribution in [1.82, 2.24) is 9.80 Å².